The second-order valence-electron chi connectivity index (χ2n) is 6.25. The monoisotopic (exact) mass is 470 g/mol. The molecule has 0 aliphatic carbocycles. The predicted molar refractivity (Wildman–Crippen MR) is 100 cm³/mol. The van der Waals surface area contributed by atoms with Crippen LogP contribution in [-0.2, 0) is 9.53 Å². The maximum Gasteiger partial charge on any atom is 0.573 e. The van der Waals surface area contributed by atoms with Gasteiger partial charge in [-0.1, -0.05) is 0 Å². The van der Waals surface area contributed by atoms with E-state index in [9.17, 15) is 31.1 Å². The number of hydrogen-bond donors (Lipinski definition) is 0. The number of benzene rings is 1. The average Bonchev–Trinajstić information content (AvgIpc) is 3.03. The lowest BCUT2D eigenvalue weighted by Gasteiger charge is -2.37. The SMILES string of the molecule is CCN(CC)C1=N[C@](C(=O)OC)(C(F)(F)F)N=C2Sc3cc(OC(F)(F)F)ccc3N21. The van der Waals surface area contributed by atoms with E-state index in [1.807, 2.05) is 0 Å². The van der Waals surface area contributed by atoms with E-state index >= 15 is 0 Å². The Labute approximate surface area is 176 Å². The first-order valence-electron chi connectivity index (χ1n) is 8.84. The maximum atomic E-state index is 14.0. The van der Waals surface area contributed by atoms with Gasteiger partial charge in [-0.3, -0.25) is 4.90 Å². The van der Waals surface area contributed by atoms with E-state index in [1.54, 1.807) is 13.8 Å². The number of ether oxygens (including phenoxy) is 2. The summed E-state index contributed by atoms with van der Waals surface area (Å²) < 4.78 is 87.9. The molecule has 0 amide bonds. The van der Waals surface area contributed by atoms with E-state index in [2.05, 4.69) is 19.5 Å². The predicted octanol–water partition coefficient (Wildman–Crippen LogP) is 4.00. The summed E-state index contributed by atoms with van der Waals surface area (Å²) in [6.07, 6.45) is -10.2. The highest BCUT2D eigenvalue weighted by Crippen LogP contribution is 2.48. The second kappa shape index (κ2) is 7.80. The third-order valence-corrected chi connectivity index (χ3v) is 5.43. The third-order valence-electron chi connectivity index (χ3n) is 4.43. The molecule has 0 radical (unpaired) electrons. The van der Waals surface area contributed by atoms with Crippen molar-refractivity contribution in [3.05, 3.63) is 18.2 Å². The van der Waals surface area contributed by atoms with Crippen LogP contribution in [-0.4, -0.2) is 60.4 Å². The molecule has 1 atom stereocenters. The van der Waals surface area contributed by atoms with Gasteiger partial charge in [0.05, 0.1) is 12.8 Å². The Balaban J connectivity index is 2.18. The van der Waals surface area contributed by atoms with E-state index in [0.717, 1.165) is 19.2 Å². The van der Waals surface area contributed by atoms with Crippen LogP contribution in [0.3, 0.4) is 0 Å². The molecule has 2 aliphatic rings. The molecule has 0 N–H and O–H groups in total. The minimum Gasteiger partial charge on any atom is -0.465 e. The van der Waals surface area contributed by atoms with E-state index in [1.165, 1.54) is 15.9 Å². The highest BCUT2D eigenvalue weighted by atomic mass is 32.2. The zero-order valence-corrected chi connectivity index (χ0v) is 17.2. The largest absolute Gasteiger partial charge is 0.573 e. The van der Waals surface area contributed by atoms with Gasteiger partial charge >= 0.3 is 24.2 Å². The van der Waals surface area contributed by atoms with Crippen LogP contribution in [0.4, 0.5) is 32.0 Å². The number of esters is 1. The molecule has 170 valence electrons. The van der Waals surface area contributed by atoms with Gasteiger partial charge in [0.1, 0.15) is 5.75 Å². The number of rotatable bonds is 4. The number of methoxy groups -OCH3 is 1. The van der Waals surface area contributed by atoms with Crippen LogP contribution in [0.15, 0.2) is 33.1 Å². The molecule has 0 unspecified atom stereocenters. The molecule has 1 aromatic carbocycles. The van der Waals surface area contributed by atoms with Crippen LogP contribution >= 0.6 is 11.8 Å². The smallest absolute Gasteiger partial charge is 0.465 e. The number of thioether (sulfide) groups is 1. The summed E-state index contributed by atoms with van der Waals surface area (Å²) >= 11 is 0.662. The van der Waals surface area contributed by atoms with Gasteiger partial charge < -0.3 is 14.4 Å². The summed E-state index contributed by atoms with van der Waals surface area (Å²) in [4.78, 5) is 22.3. The number of fused-ring (bicyclic) bond motifs is 3. The van der Waals surface area contributed by atoms with Crippen LogP contribution in [0.2, 0.25) is 0 Å². The Morgan fingerprint density at radius 1 is 1.16 bits per heavy atom. The Morgan fingerprint density at radius 2 is 1.81 bits per heavy atom. The van der Waals surface area contributed by atoms with Crippen molar-refractivity contribution in [3.63, 3.8) is 0 Å². The Morgan fingerprint density at radius 3 is 2.32 bits per heavy atom. The van der Waals surface area contributed by atoms with Crippen molar-refractivity contribution >= 4 is 34.5 Å². The number of amidine groups is 1. The number of halogens is 6. The van der Waals surface area contributed by atoms with Crippen molar-refractivity contribution in [1.82, 2.24) is 4.90 Å². The first-order chi connectivity index (χ1) is 14.4. The molecule has 0 saturated heterocycles. The van der Waals surface area contributed by atoms with Gasteiger partial charge in [0, 0.05) is 18.0 Å². The Hall–Kier alpha value is -2.64. The lowest BCUT2D eigenvalue weighted by Crippen LogP contribution is -2.58. The molecule has 0 bridgehead atoms. The fraction of sp³-hybridized carbons (Fsp3) is 0.471. The zero-order valence-electron chi connectivity index (χ0n) is 16.3. The fourth-order valence-electron chi connectivity index (χ4n) is 3.02. The average molecular weight is 470 g/mol. The molecule has 1 aromatic rings. The molecule has 0 saturated carbocycles. The number of aliphatic imine (C=N–C) groups is 2. The van der Waals surface area contributed by atoms with Gasteiger partial charge in [0.25, 0.3) is 0 Å². The first-order valence-corrected chi connectivity index (χ1v) is 9.66. The van der Waals surface area contributed by atoms with E-state index in [0.29, 0.717) is 11.8 Å². The minimum atomic E-state index is -5.22. The molecule has 7 nitrogen and oxygen atoms in total. The van der Waals surface area contributed by atoms with E-state index in [-0.39, 0.29) is 34.8 Å². The summed E-state index contributed by atoms with van der Waals surface area (Å²) in [6, 6.07) is 3.31. The zero-order chi connectivity index (χ0) is 23.2. The molecule has 0 fully saturated rings. The number of alkyl halides is 6. The summed E-state index contributed by atoms with van der Waals surface area (Å²) in [6.45, 7) is 3.83. The summed E-state index contributed by atoms with van der Waals surface area (Å²) in [5.74, 6) is -2.50. The first kappa shape index (κ1) is 23.0. The normalized spacial score (nSPS) is 20.5. The van der Waals surface area contributed by atoms with Crippen LogP contribution in [0.5, 0.6) is 5.75 Å². The van der Waals surface area contributed by atoms with Gasteiger partial charge in [0.15, 0.2) is 5.17 Å². The number of hydrogen-bond acceptors (Lipinski definition) is 8. The molecule has 0 spiro atoms. The van der Waals surface area contributed by atoms with Crippen LogP contribution in [0.1, 0.15) is 13.8 Å². The molecule has 3 rings (SSSR count). The number of carbonyl (C=O) groups is 1. The van der Waals surface area contributed by atoms with Crippen molar-refractivity contribution < 1.29 is 40.6 Å². The van der Waals surface area contributed by atoms with Crippen molar-refractivity contribution in [2.24, 2.45) is 9.98 Å². The molecule has 2 aliphatic heterocycles. The van der Waals surface area contributed by atoms with Crippen molar-refractivity contribution in [2.45, 2.75) is 36.9 Å². The molecular formula is C17H16F6N4O3S. The second-order valence-corrected chi connectivity index (χ2v) is 7.26. The van der Waals surface area contributed by atoms with Crippen LogP contribution in [0, 0.1) is 0 Å². The van der Waals surface area contributed by atoms with Gasteiger partial charge in [0.2, 0.25) is 5.96 Å². The van der Waals surface area contributed by atoms with Gasteiger partial charge in [-0.15, -0.1) is 13.2 Å². The summed E-state index contributed by atoms with van der Waals surface area (Å²) in [5.41, 5.74) is -3.28. The molecule has 2 heterocycles. The molecule has 0 aromatic heterocycles. The molecule has 31 heavy (non-hydrogen) atoms. The highest BCUT2D eigenvalue weighted by Gasteiger charge is 2.66. The third kappa shape index (κ3) is 4.00. The molecule has 14 heteroatoms. The van der Waals surface area contributed by atoms with Crippen LogP contribution in [0.25, 0.3) is 0 Å². The molecular weight excluding hydrogens is 454 g/mol. The number of nitrogens with zero attached hydrogens (tertiary/aromatic N) is 4. The van der Waals surface area contributed by atoms with Crippen molar-refractivity contribution in [3.8, 4) is 5.75 Å². The highest BCUT2D eigenvalue weighted by molar-refractivity contribution is 8.15. The lowest BCUT2D eigenvalue weighted by molar-refractivity contribution is -0.274. The number of carbonyl (C=O) groups excluding carboxylic acids is 1. The standard InChI is InChI=1S/C17H16F6N4O3S/c1-4-26(5-2)13-24-15(12(28)29-3,16(18,19)20)25-14-27(13)10-7-6-9(8-11(10)31-14)30-17(21,22)23/h6-8H,4-5H2,1-3H3/t15-/m0/s1. The number of guanidine groups is 1. The lowest BCUT2D eigenvalue weighted by atomic mass is 10.1. The van der Waals surface area contributed by atoms with Crippen LogP contribution < -0.4 is 9.64 Å². The van der Waals surface area contributed by atoms with Gasteiger partial charge in [-0.2, -0.15) is 13.2 Å². The van der Waals surface area contributed by atoms with E-state index < -0.39 is 29.9 Å². The van der Waals surface area contributed by atoms with Crippen molar-refractivity contribution in [2.75, 3.05) is 25.1 Å². The maximum absolute atomic E-state index is 14.0. The van der Waals surface area contributed by atoms with Gasteiger partial charge in [-0.25, -0.2) is 14.8 Å². The summed E-state index contributed by atoms with van der Waals surface area (Å²) in [7, 11) is 0.784. The number of anilines is 1. The fourth-order valence-corrected chi connectivity index (χ4v) is 4.11. The quantitative estimate of drug-likeness (QED) is 0.490. The van der Waals surface area contributed by atoms with E-state index in [4.69, 9.17) is 0 Å². The topological polar surface area (TPSA) is 66.7 Å². The Bertz CT molecular complexity index is 945. The van der Waals surface area contributed by atoms with Crippen molar-refractivity contribution in [1.29, 1.82) is 0 Å². The summed E-state index contributed by atoms with van der Waals surface area (Å²) in [5, 5.41) is -0.279. The van der Waals surface area contributed by atoms with Gasteiger partial charge in [-0.05, 0) is 43.8 Å². The minimum absolute atomic E-state index is 0.156. The Kier molecular flexibility index (Phi) is 5.80.